The number of rotatable bonds is 3. The zero-order chi connectivity index (χ0) is 16.4. The van der Waals surface area contributed by atoms with E-state index in [2.05, 4.69) is 14.9 Å². The largest absolute Gasteiger partial charge is 0.464 e. The number of hydrogen-bond donors (Lipinski definition) is 0. The maximum Gasteiger partial charge on any atom is 0.358 e. The van der Waals surface area contributed by atoms with Crippen molar-refractivity contribution < 1.29 is 13.9 Å². The molecule has 1 aliphatic heterocycles. The van der Waals surface area contributed by atoms with Gasteiger partial charge in [-0.3, -0.25) is 0 Å². The van der Waals surface area contributed by atoms with Crippen molar-refractivity contribution >= 4 is 11.8 Å². The zero-order valence-corrected chi connectivity index (χ0v) is 13.1. The molecule has 0 saturated carbocycles. The molecular formula is C17H18FN3O2. The molecule has 23 heavy (non-hydrogen) atoms. The lowest BCUT2D eigenvalue weighted by Gasteiger charge is -2.23. The van der Waals surface area contributed by atoms with Gasteiger partial charge in [0.15, 0.2) is 17.2 Å². The Labute approximate surface area is 134 Å². The van der Waals surface area contributed by atoms with E-state index in [1.807, 2.05) is 36.1 Å². The highest BCUT2D eigenvalue weighted by Gasteiger charge is 2.41. The number of nitrogens with zero attached hydrogens (tertiary/aromatic N) is 3. The maximum absolute atomic E-state index is 15.3. The van der Waals surface area contributed by atoms with Crippen LogP contribution in [0.5, 0.6) is 0 Å². The second-order valence-electron chi connectivity index (χ2n) is 5.72. The number of alkyl halides is 1. The molecule has 0 unspecified atom stereocenters. The summed E-state index contributed by atoms with van der Waals surface area (Å²) in [6.07, 6.45) is 0.401. The Hall–Kier alpha value is -2.50. The molecule has 1 aromatic carbocycles. The van der Waals surface area contributed by atoms with Gasteiger partial charge in [0.05, 0.1) is 13.7 Å². The van der Waals surface area contributed by atoms with E-state index in [0.29, 0.717) is 18.8 Å². The summed E-state index contributed by atoms with van der Waals surface area (Å²) in [6, 6.07) is 10.7. The first-order valence-corrected chi connectivity index (χ1v) is 7.45. The summed E-state index contributed by atoms with van der Waals surface area (Å²) in [6.45, 7) is 2.70. The predicted molar refractivity (Wildman–Crippen MR) is 84.2 cm³/mol. The van der Waals surface area contributed by atoms with Crippen LogP contribution >= 0.6 is 0 Å². The molecule has 3 rings (SSSR count). The first-order valence-electron chi connectivity index (χ1n) is 7.45. The van der Waals surface area contributed by atoms with E-state index >= 15 is 4.39 Å². The average Bonchev–Trinajstić information content (AvgIpc) is 2.98. The van der Waals surface area contributed by atoms with Gasteiger partial charge in [0.2, 0.25) is 0 Å². The van der Waals surface area contributed by atoms with Gasteiger partial charge in [-0.15, -0.1) is 10.2 Å². The molecule has 0 radical (unpaired) electrons. The number of carbonyl (C=O) groups excluding carboxylic acids is 1. The van der Waals surface area contributed by atoms with Crippen molar-refractivity contribution in [1.29, 1.82) is 0 Å². The van der Waals surface area contributed by atoms with Gasteiger partial charge in [-0.25, -0.2) is 9.18 Å². The van der Waals surface area contributed by atoms with Gasteiger partial charge < -0.3 is 9.64 Å². The third-order valence-electron chi connectivity index (χ3n) is 4.22. The highest BCUT2D eigenvalue weighted by atomic mass is 19.1. The fraction of sp³-hybridized carbons (Fsp3) is 0.353. The van der Waals surface area contributed by atoms with Crippen molar-refractivity contribution in [2.45, 2.75) is 19.0 Å². The summed E-state index contributed by atoms with van der Waals surface area (Å²) in [4.78, 5) is 13.2. The van der Waals surface area contributed by atoms with Crippen molar-refractivity contribution in [3.63, 3.8) is 0 Å². The van der Waals surface area contributed by atoms with Crippen LogP contribution < -0.4 is 4.90 Å². The second-order valence-corrected chi connectivity index (χ2v) is 5.72. The van der Waals surface area contributed by atoms with Crippen molar-refractivity contribution in [2.75, 3.05) is 25.1 Å². The molecule has 2 aromatic rings. The van der Waals surface area contributed by atoms with Gasteiger partial charge >= 0.3 is 5.97 Å². The van der Waals surface area contributed by atoms with E-state index in [9.17, 15) is 4.79 Å². The highest BCUT2D eigenvalue weighted by molar-refractivity contribution is 5.87. The minimum atomic E-state index is -1.39. The minimum absolute atomic E-state index is 0.140. The first-order chi connectivity index (χ1) is 11.0. The minimum Gasteiger partial charge on any atom is -0.464 e. The molecule has 120 valence electrons. The number of aromatic nitrogens is 2. The van der Waals surface area contributed by atoms with Crippen LogP contribution in [0.25, 0.3) is 0 Å². The molecule has 0 N–H and O–H groups in total. The topological polar surface area (TPSA) is 55.3 Å². The molecular weight excluding hydrogens is 297 g/mol. The van der Waals surface area contributed by atoms with Crippen LogP contribution in [0, 0.1) is 6.92 Å². The molecule has 6 heteroatoms. The SMILES string of the molecule is COC(=O)c1ccc(N2CC[C@@](F)(c3ccccc3C)C2)nn1. The second kappa shape index (κ2) is 5.95. The van der Waals surface area contributed by atoms with Crippen molar-refractivity contribution in [1.82, 2.24) is 10.2 Å². The summed E-state index contributed by atoms with van der Waals surface area (Å²) in [5.41, 5.74) is 0.417. The molecule has 1 atom stereocenters. The van der Waals surface area contributed by atoms with E-state index < -0.39 is 11.6 Å². The van der Waals surface area contributed by atoms with Gasteiger partial charge in [-0.2, -0.15) is 0 Å². The Kier molecular flexibility index (Phi) is 3.98. The molecule has 0 amide bonds. The standard InChI is InChI=1S/C17H18FN3O2/c1-12-5-3-4-6-13(12)17(18)9-10-21(11-17)15-8-7-14(19-20-15)16(22)23-2/h3-8H,9-11H2,1-2H3/t17-/m0/s1. The third kappa shape index (κ3) is 2.88. The highest BCUT2D eigenvalue weighted by Crippen LogP contribution is 2.38. The number of benzene rings is 1. The molecule has 1 saturated heterocycles. The van der Waals surface area contributed by atoms with Gasteiger partial charge in [-0.1, -0.05) is 24.3 Å². The monoisotopic (exact) mass is 315 g/mol. The number of hydrogen-bond acceptors (Lipinski definition) is 5. The van der Waals surface area contributed by atoms with Gasteiger partial charge in [0.1, 0.15) is 0 Å². The molecule has 5 nitrogen and oxygen atoms in total. The number of anilines is 1. The zero-order valence-electron chi connectivity index (χ0n) is 13.1. The fourth-order valence-corrected chi connectivity index (χ4v) is 2.97. The van der Waals surface area contributed by atoms with E-state index in [0.717, 1.165) is 11.1 Å². The maximum atomic E-state index is 15.3. The van der Waals surface area contributed by atoms with Crippen LogP contribution in [0.1, 0.15) is 28.0 Å². The predicted octanol–water partition coefficient (Wildman–Crippen LogP) is 2.65. The lowest BCUT2D eigenvalue weighted by molar-refractivity contribution is 0.0592. The number of esters is 1. The van der Waals surface area contributed by atoms with Crippen LogP contribution in [-0.2, 0) is 10.4 Å². The van der Waals surface area contributed by atoms with Crippen LogP contribution in [-0.4, -0.2) is 36.4 Å². The smallest absolute Gasteiger partial charge is 0.358 e. The number of carbonyl (C=O) groups is 1. The summed E-state index contributed by atoms with van der Waals surface area (Å²) < 4.78 is 19.9. The molecule has 2 heterocycles. The Morgan fingerprint density at radius 3 is 2.70 bits per heavy atom. The third-order valence-corrected chi connectivity index (χ3v) is 4.22. The van der Waals surface area contributed by atoms with E-state index in [1.165, 1.54) is 7.11 Å². The van der Waals surface area contributed by atoms with Crippen LogP contribution in [0.3, 0.4) is 0 Å². The molecule has 1 aromatic heterocycles. The Morgan fingerprint density at radius 2 is 2.04 bits per heavy atom. The van der Waals surface area contributed by atoms with E-state index in [-0.39, 0.29) is 12.2 Å². The normalized spacial score (nSPS) is 20.6. The number of aryl methyl sites for hydroxylation is 1. The van der Waals surface area contributed by atoms with Crippen LogP contribution in [0.4, 0.5) is 10.2 Å². The van der Waals surface area contributed by atoms with Crippen LogP contribution in [0.15, 0.2) is 36.4 Å². The van der Waals surface area contributed by atoms with Crippen molar-refractivity contribution in [2.24, 2.45) is 0 Å². The molecule has 0 bridgehead atoms. The molecule has 0 aliphatic carbocycles. The van der Waals surface area contributed by atoms with E-state index in [4.69, 9.17) is 0 Å². The van der Waals surface area contributed by atoms with Crippen molar-refractivity contribution in [3.05, 3.63) is 53.2 Å². The lowest BCUT2D eigenvalue weighted by Crippen LogP contribution is -2.28. The van der Waals surface area contributed by atoms with Gasteiger partial charge in [0, 0.05) is 13.0 Å². The summed E-state index contributed by atoms with van der Waals surface area (Å²) in [7, 11) is 1.29. The van der Waals surface area contributed by atoms with Gasteiger partial charge in [-0.05, 0) is 30.2 Å². The van der Waals surface area contributed by atoms with Gasteiger partial charge in [0.25, 0.3) is 0 Å². The summed E-state index contributed by atoms with van der Waals surface area (Å²) in [5, 5.41) is 7.86. The number of ether oxygens (including phenoxy) is 1. The number of methoxy groups -OCH3 is 1. The quantitative estimate of drug-likeness (QED) is 0.815. The number of halogens is 1. The fourth-order valence-electron chi connectivity index (χ4n) is 2.97. The van der Waals surface area contributed by atoms with E-state index in [1.54, 1.807) is 12.1 Å². The Morgan fingerprint density at radius 1 is 1.26 bits per heavy atom. The molecule has 1 fully saturated rings. The Balaban J connectivity index is 1.80. The van der Waals surface area contributed by atoms with Crippen molar-refractivity contribution in [3.8, 4) is 0 Å². The molecule has 0 spiro atoms. The van der Waals surface area contributed by atoms with Crippen LogP contribution in [0.2, 0.25) is 0 Å². The lowest BCUT2D eigenvalue weighted by atomic mass is 9.91. The Bertz CT molecular complexity index is 720. The first kappa shape index (κ1) is 15.4. The average molecular weight is 315 g/mol. The summed E-state index contributed by atoms with van der Waals surface area (Å²) in [5.74, 6) is 0.0241. The summed E-state index contributed by atoms with van der Waals surface area (Å²) >= 11 is 0. The molecule has 1 aliphatic rings.